The van der Waals surface area contributed by atoms with Crippen molar-refractivity contribution in [1.29, 1.82) is 0 Å². The van der Waals surface area contributed by atoms with Crippen molar-refractivity contribution in [2.24, 2.45) is 5.92 Å². The molecule has 2 aliphatic heterocycles. The van der Waals surface area contributed by atoms with Crippen molar-refractivity contribution in [3.63, 3.8) is 0 Å². The Morgan fingerprint density at radius 1 is 1.00 bits per heavy atom. The highest BCUT2D eigenvalue weighted by atomic mass is 16.2. The van der Waals surface area contributed by atoms with E-state index in [9.17, 15) is 14.4 Å². The van der Waals surface area contributed by atoms with Crippen molar-refractivity contribution >= 4 is 17.8 Å². The summed E-state index contributed by atoms with van der Waals surface area (Å²) in [6.45, 7) is 0.685. The van der Waals surface area contributed by atoms with Crippen LogP contribution >= 0.6 is 0 Å². The van der Waals surface area contributed by atoms with Crippen LogP contribution in [0.1, 0.15) is 70.6 Å². The Balaban J connectivity index is 1.45. The summed E-state index contributed by atoms with van der Waals surface area (Å²) in [7, 11) is 0. The van der Waals surface area contributed by atoms with Crippen LogP contribution in [-0.4, -0.2) is 52.3 Å². The summed E-state index contributed by atoms with van der Waals surface area (Å²) < 4.78 is 0. The topological polar surface area (TPSA) is 69.7 Å². The van der Waals surface area contributed by atoms with E-state index in [1.165, 1.54) is 30.6 Å². The van der Waals surface area contributed by atoms with Crippen molar-refractivity contribution in [3.05, 3.63) is 0 Å². The molecule has 6 heteroatoms. The van der Waals surface area contributed by atoms with Gasteiger partial charge in [0.15, 0.2) is 0 Å². The molecule has 2 aliphatic carbocycles. The molecule has 2 heterocycles. The van der Waals surface area contributed by atoms with Crippen LogP contribution in [0.3, 0.4) is 0 Å². The number of rotatable bonds is 2. The first kappa shape index (κ1) is 16.9. The van der Waals surface area contributed by atoms with Crippen molar-refractivity contribution in [3.8, 4) is 0 Å². The SMILES string of the molecule is O=C1NC2(CCCCC2)C(=O)N1CC(=O)N1CCCC2CCCCC21. The first-order chi connectivity index (χ1) is 12.1. The Morgan fingerprint density at radius 2 is 1.72 bits per heavy atom. The lowest BCUT2D eigenvalue weighted by atomic mass is 9.78. The van der Waals surface area contributed by atoms with Crippen LogP contribution in [-0.2, 0) is 9.59 Å². The van der Waals surface area contributed by atoms with Gasteiger partial charge in [-0.25, -0.2) is 4.79 Å². The Morgan fingerprint density at radius 3 is 2.52 bits per heavy atom. The van der Waals surface area contributed by atoms with Gasteiger partial charge in [0, 0.05) is 12.6 Å². The molecule has 1 N–H and O–H groups in total. The van der Waals surface area contributed by atoms with Crippen molar-refractivity contribution in [2.45, 2.75) is 82.2 Å². The molecule has 4 amide bonds. The molecule has 4 fully saturated rings. The lowest BCUT2D eigenvalue weighted by molar-refractivity contribution is -0.143. The third kappa shape index (κ3) is 2.93. The van der Waals surface area contributed by atoms with Crippen molar-refractivity contribution < 1.29 is 14.4 Å². The Kier molecular flexibility index (Phi) is 4.46. The molecule has 2 saturated heterocycles. The summed E-state index contributed by atoms with van der Waals surface area (Å²) in [5, 5.41) is 2.90. The first-order valence-corrected chi connectivity index (χ1v) is 10.0. The molecule has 0 aromatic rings. The predicted octanol–water partition coefficient (Wildman–Crippen LogP) is 2.42. The molecular weight excluding hydrogens is 318 g/mol. The van der Waals surface area contributed by atoms with Gasteiger partial charge in [0.2, 0.25) is 5.91 Å². The number of imide groups is 1. The van der Waals surface area contributed by atoms with Gasteiger partial charge >= 0.3 is 6.03 Å². The number of nitrogens with zero attached hydrogens (tertiary/aromatic N) is 2. The molecule has 138 valence electrons. The van der Waals surface area contributed by atoms with Crippen LogP contribution in [0.15, 0.2) is 0 Å². The Hall–Kier alpha value is -1.59. The number of piperidine rings is 1. The second-order valence-electron chi connectivity index (χ2n) is 8.31. The minimum atomic E-state index is -0.731. The molecule has 6 nitrogen and oxygen atoms in total. The van der Waals surface area contributed by atoms with Crippen LogP contribution in [0.4, 0.5) is 4.79 Å². The van der Waals surface area contributed by atoms with Crippen LogP contribution in [0.5, 0.6) is 0 Å². The number of urea groups is 1. The smallest absolute Gasteiger partial charge is 0.325 e. The summed E-state index contributed by atoms with van der Waals surface area (Å²) in [6.07, 6.45) is 11.4. The fourth-order valence-corrected chi connectivity index (χ4v) is 5.47. The quantitative estimate of drug-likeness (QED) is 0.780. The maximum absolute atomic E-state index is 12.9. The number of amides is 4. The summed E-state index contributed by atoms with van der Waals surface area (Å²) in [5.74, 6) is 0.384. The summed E-state index contributed by atoms with van der Waals surface area (Å²) in [5.41, 5.74) is -0.731. The van der Waals surface area contributed by atoms with Crippen LogP contribution in [0.2, 0.25) is 0 Å². The zero-order valence-electron chi connectivity index (χ0n) is 15.0. The Bertz CT molecular complexity index is 568. The van der Waals surface area contributed by atoms with E-state index in [-0.39, 0.29) is 24.4 Å². The minimum absolute atomic E-state index is 0.0482. The number of hydrogen-bond acceptors (Lipinski definition) is 3. The predicted molar refractivity (Wildman–Crippen MR) is 92.8 cm³/mol. The molecule has 25 heavy (non-hydrogen) atoms. The van der Waals surface area contributed by atoms with E-state index in [1.54, 1.807) is 0 Å². The largest absolute Gasteiger partial charge is 0.338 e. The van der Waals surface area contributed by atoms with E-state index < -0.39 is 5.54 Å². The fraction of sp³-hybridized carbons (Fsp3) is 0.842. The number of nitrogens with one attached hydrogen (secondary N) is 1. The normalized spacial score (nSPS) is 31.8. The number of carbonyl (C=O) groups excluding carboxylic acids is 3. The molecule has 2 saturated carbocycles. The molecule has 0 bridgehead atoms. The average molecular weight is 347 g/mol. The molecule has 2 unspecified atom stereocenters. The van der Waals surface area contributed by atoms with Gasteiger partial charge in [0.25, 0.3) is 5.91 Å². The lowest BCUT2D eigenvalue weighted by Gasteiger charge is -2.44. The van der Waals surface area contributed by atoms with E-state index in [2.05, 4.69) is 5.32 Å². The van der Waals surface area contributed by atoms with Gasteiger partial charge in [-0.05, 0) is 44.4 Å². The van der Waals surface area contributed by atoms with Gasteiger partial charge in [-0.1, -0.05) is 32.1 Å². The number of likely N-dealkylation sites (tertiary alicyclic amines) is 1. The van der Waals surface area contributed by atoms with E-state index in [4.69, 9.17) is 0 Å². The highest BCUT2D eigenvalue weighted by molar-refractivity contribution is 6.09. The Labute approximate surface area is 149 Å². The van der Waals surface area contributed by atoms with Gasteiger partial charge in [0.1, 0.15) is 12.1 Å². The average Bonchev–Trinajstić information content (AvgIpc) is 2.86. The first-order valence-electron chi connectivity index (χ1n) is 10.0. The van der Waals surface area contributed by atoms with Gasteiger partial charge in [-0.15, -0.1) is 0 Å². The maximum atomic E-state index is 12.9. The number of hydrogen-bond donors (Lipinski definition) is 1. The van der Waals surface area contributed by atoms with Crippen LogP contribution in [0.25, 0.3) is 0 Å². The number of carbonyl (C=O) groups is 3. The molecule has 0 aromatic heterocycles. The van der Waals surface area contributed by atoms with E-state index in [0.29, 0.717) is 24.8 Å². The highest BCUT2D eigenvalue weighted by Crippen LogP contribution is 2.36. The lowest BCUT2D eigenvalue weighted by Crippen LogP contribution is -2.53. The zero-order chi connectivity index (χ0) is 17.4. The second kappa shape index (κ2) is 6.61. The van der Waals surface area contributed by atoms with Crippen LogP contribution < -0.4 is 5.32 Å². The van der Waals surface area contributed by atoms with Gasteiger partial charge in [0.05, 0.1) is 0 Å². The maximum Gasteiger partial charge on any atom is 0.325 e. The van der Waals surface area contributed by atoms with Crippen LogP contribution in [0, 0.1) is 5.92 Å². The van der Waals surface area contributed by atoms with E-state index >= 15 is 0 Å². The third-order valence-electron chi connectivity index (χ3n) is 6.81. The molecule has 1 spiro atoms. The zero-order valence-corrected chi connectivity index (χ0v) is 15.0. The highest BCUT2D eigenvalue weighted by Gasteiger charge is 2.52. The van der Waals surface area contributed by atoms with Gasteiger partial charge in [-0.2, -0.15) is 0 Å². The van der Waals surface area contributed by atoms with Crippen molar-refractivity contribution in [2.75, 3.05) is 13.1 Å². The number of fused-ring (bicyclic) bond motifs is 1. The molecule has 0 radical (unpaired) electrons. The van der Waals surface area contributed by atoms with E-state index in [0.717, 1.165) is 38.6 Å². The molecule has 4 aliphatic rings. The third-order valence-corrected chi connectivity index (χ3v) is 6.81. The second-order valence-corrected chi connectivity index (χ2v) is 8.31. The van der Waals surface area contributed by atoms with Crippen molar-refractivity contribution in [1.82, 2.24) is 15.1 Å². The van der Waals surface area contributed by atoms with Gasteiger partial charge in [-0.3, -0.25) is 14.5 Å². The van der Waals surface area contributed by atoms with E-state index in [1.807, 2.05) is 4.90 Å². The minimum Gasteiger partial charge on any atom is -0.338 e. The summed E-state index contributed by atoms with van der Waals surface area (Å²) >= 11 is 0. The molecule has 4 rings (SSSR count). The monoisotopic (exact) mass is 347 g/mol. The standard InChI is InChI=1S/C19H29N3O3/c23-16(21-12-6-8-14-7-2-3-9-15(14)21)13-22-17(24)19(20-18(22)25)10-4-1-5-11-19/h14-15H,1-13H2,(H,20,25). The molecule has 2 atom stereocenters. The molecule has 0 aromatic carbocycles. The fourth-order valence-electron chi connectivity index (χ4n) is 5.47. The van der Waals surface area contributed by atoms with Gasteiger partial charge < -0.3 is 10.2 Å². The summed E-state index contributed by atoms with van der Waals surface area (Å²) in [6, 6.07) is -0.0585. The molecular formula is C19H29N3O3. The summed E-state index contributed by atoms with van der Waals surface area (Å²) in [4.78, 5) is 41.3.